The Hall–Kier alpha value is -0.820. The Morgan fingerprint density at radius 3 is 2.21 bits per heavy atom. The van der Waals surface area contributed by atoms with Crippen LogP contribution < -0.4 is 0 Å². The van der Waals surface area contributed by atoms with Gasteiger partial charge in [-0.2, -0.15) is 0 Å². The van der Waals surface area contributed by atoms with Gasteiger partial charge in [0.05, 0.1) is 6.10 Å². The summed E-state index contributed by atoms with van der Waals surface area (Å²) in [5, 5.41) is 9.71. The fourth-order valence-electron chi connectivity index (χ4n) is 1.76. The van der Waals surface area contributed by atoms with Crippen LogP contribution in [-0.2, 0) is 12.8 Å². The first kappa shape index (κ1) is 11.3. The Morgan fingerprint density at radius 1 is 1.07 bits per heavy atom. The SMILES string of the molecule is CCc1ccc([C@H](O)CC)cc1CC. The number of aliphatic hydroxyl groups excluding tert-OH is 1. The Labute approximate surface area is 86.8 Å². The van der Waals surface area contributed by atoms with E-state index >= 15 is 0 Å². The van der Waals surface area contributed by atoms with E-state index in [2.05, 4.69) is 26.0 Å². The molecule has 1 aromatic rings. The second-order valence-corrected chi connectivity index (χ2v) is 3.66. The fraction of sp³-hybridized carbons (Fsp3) is 0.538. The Bertz CT molecular complexity index is 291. The van der Waals surface area contributed by atoms with Crippen LogP contribution in [0.3, 0.4) is 0 Å². The van der Waals surface area contributed by atoms with Crippen molar-refractivity contribution in [2.45, 2.75) is 46.1 Å². The molecule has 1 aromatic carbocycles. The smallest absolute Gasteiger partial charge is 0.0787 e. The van der Waals surface area contributed by atoms with Crippen molar-refractivity contribution < 1.29 is 5.11 Å². The third-order valence-corrected chi connectivity index (χ3v) is 2.76. The van der Waals surface area contributed by atoms with Crippen LogP contribution in [0, 0.1) is 0 Å². The van der Waals surface area contributed by atoms with Crippen molar-refractivity contribution in [1.82, 2.24) is 0 Å². The summed E-state index contributed by atoms with van der Waals surface area (Å²) in [5.41, 5.74) is 3.83. The lowest BCUT2D eigenvalue weighted by Gasteiger charge is -2.12. The number of hydrogen-bond donors (Lipinski definition) is 1. The second kappa shape index (κ2) is 5.16. The van der Waals surface area contributed by atoms with Crippen LogP contribution in [0.1, 0.15) is 50.0 Å². The van der Waals surface area contributed by atoms with Gasteiger partial charge in [0.25, 0.3) is 0 Å². The van der Waals surface area contributed by atoms with E-state index in [0.29, 0.717) is 0 Å². The van der Waals surface area contributed by atoms with Crippen molar-refractivity contribution in [2.75, 3.05) is 0 Å². The first-order valence-electron chi connectivity index (χ1n) is 5.52. The molecule has 0 saturated heterocycles. The summed E-state index contributed by atoms with van der Waals surface area (Å²) in [6.07, 6.45) is 2.61. The maximum Gasteiger partial charge on any atom is 0.0787 e. The lowest BCUT2D eigenvalue weighted by molar-refractivity contribution is 0.173. The van der Waals surface area contributed by atoms with E-state index in [4.69, 9.17) is 0 Å². The van der Waals surface area contributed by atoms with Gasteiger partial charge in [0, 0.05) is 0 Å². The number of aryl methyl sites for hydroxylation is 2. The average molecular weight is 192 g/mol. The molecule has 0 fully saturated rings. The monoisotopic (exact) mass is 192 g/mol. The van der Waals surface area contributed by atoms with Gasteiger partial charge >= 0.3 is 0 Å². The zero-order valence-electron chi connectivity index (χ0n) is 9.38. The molecule has 0 amide bonds. The molecular formula is C13H20O. The van der Waals surface area contributed by atoms with Gasteiger partial charge in [-0.05, 0) is 36.0 Å². The topological polar surface area (TPSA) is 20.2 Å². The number of hydrogen-bond acceptors (Lipinski definition) is 1. The van der Waals surface area contributed by atoms with Crippen molar-refractivity contribution >= 4 is 0 Å². The summed E-state index contributed by atoms with van der Waals surface area (Å²) in [5.74, 6) is 0. The van der Waals surface area contributed by atoms with Gasteiger partial charge in [0.15, 0.2) is 0 Å². The van der Waals surface area contributed by atoms with Crippen molar-refractivity contribution in [2.24, 2.45) is 0 Å². The minimum Gasteiger partial charge on any atom is -0.388 e. The second-order valence-electron chi connectivity index (χ2n) is 3.66. The zero-order chi connectivity index (χ0) is 10.6. The molecule has 0 bridgehead atoms. The molecule has 0 radical (unpaired) electrons. The van der Waals surface area contributed by atoms with Crippen molar-refractivity contribution in [3.05, 3.63) is 34.9 Å². The fourth-order valence-corrected chi connectivity index (χ4v) is 1.76. The summed E-state index contributed by atoms with van der Waals surface area (Å²) in [7, 11) is 0. The highest BCUT2D eigenvalue weighted by atomic mass is 16.3. The summed E-state index contributed by atoms with van der Waals surface area (Å²) >= 11 is 0. The Balaban J connectivity index is 3.01. The molecule has 1 heteroatoms. The molecule has 1 rings (SSSR count). The maximum absolute atomic E-state index is 9.71. The van der Waals surface area contributed by atoms with Gasteiger partial charge in [-0.1, -0.05) is 39.0 Å². The maximum atomic E-state index is 9.71. The standard InChI is InChI=1S/C13H20O/c1-4-10-7-8-12(13(14)6-3)9-11(10)5-2/h7-9,13-14H,4-6H2,1-3H3/t13-/m1/s1. The van der Waals surface area contributed by atoms with E-state index in [1.54, 1.807) is 0 Å². The van der Waals surface area contributed by atoms with Gasteiger partial charge < -0.3 is 5.11 Å². The van der Waals surface area contributed by atoms with E-state index in [9.17, 15) is 5.11 Å². The van der Waals surface area contributed by atoms with Crippen molar-refractivity contribution in [3.8, 4) is 0 Å². The normalized spacial score (nSPS) is 12.9. The molecule has 0 aliphatic heterocycles. The van der Waals surface area contributed by atoms with Crippen LogP contribution in [0.2, 0.25) is 0 Å². The third-order valence-electron chi connectivity index (χ3n) is 2.76. The van der Waals surface area contributed by atoms with Crippen molar-refractivity contribution in [3.63, 3.8) is 0 Å². The quantitative estimate of drug-likeness (QED) is 0.776. The lowest BCUT2D eigenvalue weighted by atomic mass is 9.97. The van der Waals surface area contributed by atoms with E-state index in [-0.39, 0.29) is 6.10 Å². The van der Waals surface area contributed by atoms with E-state index < -0.39 is 0 Å². The van der Waals surface area contributed by atoms with Gasteiger partial charge in [-0.25, -0.2) is 0 Å². The molecule has 1 nitrogen and oxygen atoms in total. The minimum atomic E-state index is -0.300. The molecule has 0 heterocycles. The van der Waals surface area contributed by atoms with E-state index in [1.165, 1.54) is 11.1 Å². The van der Waals surface area contributed by atoms with Gasteiger partial charge in [-0.15, -0.1) is 0 Å². The van der Waals surface area contributed by atoms with Gasteiger partial charge in [-0.3, -0.25) is 0 Å². The zero-order valence-corrected chi connectivity index (χ0v) is 9.38. The predicted octanol–water partition coefficient (Wildman–Crippen LogP) is 3.25. The van der Waals surface area contributed by atoms with Crippen LogP contribution in [0.5, 0.6) is 0 Å². The van der Waals surface area contributed by atoms with Crippen LogP contribution in [0.25, 0.3) is 0 Å². The first-order chi connectivity index (χ1) is 6.72. The Morgan fingerprint density at radius 2 is 1.71 bits per heavy atom. The summed E-state index contributed by atoms with van der Waals surface area (Å²) in [4.78, 5) is 0. The number of aliphatic hydroxyl groups is 1. The highest BCUT2D eigenvalue weighted by molar-refractivity contribution is 5.33. The molecule has 0 saturated carbocycles. The highest BCUT2D eigenvalue weighted by Crippen LogP contribution is 2.20. The highest BCUT2D eigenvalue weighted by Gasteiger charge is 2.06. The Kier molecular flexibility index (Phi) is 4.15. The summed E-state index contributed by atoms with van der Waals surface area (Å²) < 4.78 is 0. The third kappa shape index (κ3) is 2.36. The van der Waals surface area contributed by atoms with Crippen LogP contribution in [-0.4, -0.2) is 5.11 Å². The molecule has 78 valence electrons. The predicted molar refractivity (Wildman–Crippen MR) is 60.4 cm³/mol. The molecule has 1 N–H and O–H groups in total. The number of rotatable bonds is 4. The first-order valence-corrected chi connectivity index (χ1v) is 5.52. The summed E-state index contributed by atoms with van der Waals surface area (Å²) in [6.45, 7) is 6.34. The molecule has 0 unspecified atom stereocenters. The molecular weight excluding hydrogens is 172 g/mol. The molecule has 0 aliphatic carbocycles. The number of benzene rings is 1. The van der Waals surface area contributed by atoms with Crippen LogP contribution in [0.15, 0.2) is 18.2 Å². The molecule has 1 atom stereocenters. The average Bonchev–Trinajstić information content (AvgIpc) is 2.26. The summed E-state index contributed by atoms with van der Waals surface area (Å²) in [6, 6.07) is 6.34. The molecule has 0 aliphatic rings. The molecule has 0 spiro atoms. The lowest BCUT2D eigenvalue weighted by Crippen LogP contribution is -1.99. The van der Waals surface area contributed by atoms with Gasteiger partial charge in [0.1, 0.15) is 0 Å². The van der Waals surface area contributed by atoms with Crippen molar-refractivity contribution in [1.29, 1.82) is 0 Å². The van der Waals surface area contributed by atoms with E-state index in [1.807, 2.05) is 13.0 Å². The largest absolute Gasteiger partial charge is 0.388 e. The minimum absolute atomic E-state index is 0.300. The molecule has 14 heavy (non-hydrogen) atoms. The van der Waals surface area contributed by atoms with E-state index in [0.717, 1.165) is 24.8 Å². The molecule has 0 aromatic heterocycles. The van der Waals surface area contributed by atoms with Gasteiger partial charge in [0.2, 0.25) is 0 Å². The van der Waals surface area contributed by atoms with Crippen LogP contribution in [0.4, 0.5) is 0 Å². The van der Waals surface area contributed by atoms with Crippen LogP contribution >= 0.6 is 0 Å².